The van der Waals surface area contributed by atoms with Gasteiger partial charge in [-0.15, -0.1) is 0 Å². The quantitative estimate of drug-likeness (QED) is 0.0771. The first-order valence-electron chi connectivity index (χ1n) is 21.9. The normalized spacial score (nSPS) is 28.2. The zero-order valence-corrected chi connectivity index (χ0v) is 39.4. The standard InChI is InChI=1S/C52H64O14/c1-29(17-13-19-31(3)21-23-35-33(5)41(55)39(25-51(35,7)8)63-27-37(53)47-43(57)45(59)49(61)65-47)15-11-12-16-30(2)18-14-20-32(4)22-24-36-34(6)42(56)40(26-52(36,9)10)64-28-38(54)48-44(58)46(60)50(62)66-48/h11-24,37-40,45-48,53-54,59-60H,25-28H2,1-10H3. The van der Waals surface area contributed by atoms with Gasteiger partial charge in [0.05, 0.1) is 13.2 Å². The van der Waals surface area contributed by atoms with E-state index in [9.17, 15) is 49.2 Å². The van der Waals surface area contributed by atoms with Crippen molar-refractivity contribution in [3.63, 3.8) is 0 Å². The Labute approximate surface area is 386 Å². The third-order valence-corrected chi connectivity index (χ3v) is 11.9. The van der Waals surface area contributed by atoms with E-state index in [-0.39, 0.29) is 11.6 Å². The lowest BCUT2D eigenvalue weighted by Gasteiger charge is -2.37. The minimum Gasteiger partial charge on any atom is -0.449 e. The van der Waals surface area contributed by atoms with E-state index in [0.717, 1.165) is 33.4 Å². The number of ether oxygens (including phenoxy) is 4. The molecule has 2 aliphatic carbocycles. The number of aliphatic hydroxyl groups excluding tert-OH is 4. The Morgan fingerprint density at radius 2 is 0.894 bits per heavy atom. The lowest BCUT2D eigenvalue weighted by molar-refractivity contribution is -0.154. The van der Waals surface area contributed by atoms with Crippen molar-refractivity contribution in [2.75, 3.05) is 13.2 Å². The highest BCUT2D eigenvalue weighted by Crippen LogP contribution is 2.42. The van der Waals surface area contributed by atoms with E-state index >= 15 is 0 Å². The summed E-state index contributed by atoms with van der Waals surface area (Å²) >= 11 is 0. The first kappa shape index (κ1) is 53.1. The van der Waals surface area contributed by atoms with Crippen molar-refractivity contribution < 1.29 is 68.1 Å². The van der Waals surface area contributed by atoms with E-state index < -0.39 is 96.4 Å². The smallest absolute Gasteiger partial charge is 0.343 e. The number of ketones is 4. The van der Waals surface area contributed by atoms with Crippen molar-refractivity contribution in [3.8, 4) is 0 Å². The molecule has 0 saturated carbocycles. The molecule has 4 aliphatic rings. The number of rotatable bonds is 18. The Bertz CT molecular complexity index is 2120. The highest BCUT2D eigenvalue weighted by atomic mass is 16.6. The minimum absolute atomic E-state index is 0.236. The number of hydrogen-bond acceptors (Lipinski definition) is 14. The van der Waals surface area contributed by atoms with Gasteiger partial charge in [0.2, 0.25) is 23.8 Å². The van der Waals surface area contributed by atoms with Gasteiger partial charge in [-0.25, -0.2) is 9.59 Å². The predicted molar refractivity (Wildman–Crippen MR) is 246 cm³/mol. The fraction of sp³-hybridized carbons (Fsp3) is 0.462. The van der Waals surface area contributed by atoms with E-state index in [2.05, 4.69) is 0 Å². The summed E-state index contributed by atoms with van der Waals surface area (Å²) in [5, 5.41) is 39.8. The van der Waals surface area contributed by atoms with Gasteiger partial charge >= 0.3 is 11.9 Å². The number of allylic oxidation sites excluding steroid dienone is 20. The zero-order chi connectivity index (χ0) is 49.3. The van der Waals surface area contributed by atoms with E-state index in [1.54, 1.807) is 13.8 Å². The highest BCUT2D eigenvalue weighted by molar-refractivity contribution is 6.10. The van der Waals surface area contributed by atoms with Gasteiger partial charge in [-0.1, -0.05) is 135 Å². The number of hydrogen-bond donors (Lipinski definition) is 4. The monoisotopic (exact) mass is 912 g/mol. The Kier molecular flexibility index (Phi) is 18.4. The zero-order valence-electron chi connectivity index (χ0n) is 39.4. The Hall–Kier alpha value is -5.48. The topological polar surface area (TPSA) is 220 Å². The number of esters is 2. The molecule has 0 amide bonds. The first-order valence-corrected chi connectivity index (χ1v) is 21.9. The third-order valence-electron chi connectivity index (χ3n) is 11.9. The molecule has 66 heavy (non-hydrogen) atoms. The second-order valence-electron chi connectivity index (χ2n) is 18.5. The largest absolute Gasteiger partial charge is 0.449 e. The predicted octanol–water partition coefficient (Wildman–Crippen LogP) is 5.39. The van der Waals surface area contributed by atoms with E-state index in [4.69, 9.17) is 18.9 Å². The molecule has 14 heteroatoms. The number of Topliss-reactive ketones (excluding diaryl/α,β-unsaturated/α-hetero) is 4. The molecule has 2 heterocycles. The maximum Gasteiger partial charge on any atom is 0.343 e. The molecule has 0 aromatic rings. The fourth-order valence-corrected chi connectivity index (χ4v) is 8.02. The lowest BCUT2D eigenvalue weighted by Crippen LogP contribution is -2.42. The summed E-state index contributed by atoms with van der Waals surface area (Å²) in [4.78, 5) is 73.4. The van der Waals surface area contributed by atoms with Crippen molar-refractivity contribution in [1.29, 1.82) is 0 Å². The van der Waals surface area contributed by atoms with Crippen molar-refractivity contribution in [2.24, 2.45) is 10.8 Å². The summed E-state index contributed by atoms with van der Waals surface area (Å²) in [6.45, 7) is 18.5. The number of cyclic esters (lactones) is 2. The molecule has 0 aromatic carbocycles. The molecule has 0 bridgehead atoms. The second kappa shape index (κ2) is 22.8. The minimum atomic E-state index is -1.93. The van der Waals surface area contributed by atoms with Gasteiger partial charge < -0.3 is 39.4 Å². The van der Waals surface area contributed by atoms with Crippen molar-refractivity contribution >= 4 is 35.1 Å². The summed E-state index contributed by atoms with van der Waals surface area (Å²) in [7, 11) is 0. The molecule has 2 aliphatic heterocycles. The molecule has 2 fully saturated rings. The van der Waals surface area contributed by atoms with Gasteiger partial charge in [0.25, 0.3) is 0 Å². The van der Waals surface area contributed by atoms with Crippen LogP contribution in [0.15, 0.2) is 130 Å². The van der Waals surface area contributed by atoms with Crippen LogP contribution in [0.5, 0.6) is 0 Å². The van der Waals surface area contributed by atoms with Gasteiger partial charge in [0, 0.05) is 0 Å². The number of carbonyl (C=O) groups is 6. The molecule has 0 radical (unpaired) electrons. The first-order chi connectivity index (χ1) is 30.9. The third kappa shape index (κ3) is 13.6. The van der Waals surface area contributed by atoms with Crippen LogP contribution in [0.3, 0.4) is 0 Å². The maximum absolute atomic E-state index is 13.2. The van der Waals surface area contributed by atoms with Crippen LogP contribution in [-0.2, 0) is 47.7 Å². The SMILES string of the molecule is CC(C=CC=C(C)C=CC1=C(C)C(=O)C(OCC(O)C2OC(=O)C(O)C2=O)CC1(C)C)=CC=CC=C(C)C=CC=C(C)C=CC1=C(C)C(=O)C(OCC(O)C2OC(=O)C(O)C2=O)CC1(C)C. The van der Waals surface area contributed by atoms with Crippen LogP contribution in [0.25, 0.3) is 0 Å². The van der Waals surface area contributed by atoms with Crippen LogP contribution < -0.4 is 0 Å². The molecular weight excluding hydrogens is 849 g/mol. The van der Waals surface area contributed by atoms with Crippen LogP contribution in [0.4, 0.5) is 0 Å². The van der Waals surface area contributed by atoms with Crippen LogP contribution >= 0.6 is 0 Å². The van der Waals surface area contributed by atoms with Crippen LogP contribution in [0.1, 0.15) is 82.1 Å². The van der Waals surface area contributed by atoms with Gasteiger partial charge in [-0.2, -0.15) is 0 Å². The summed E-state index contributed by atoms with van der Waals surface area (Å²) < 4.78 is 21.0. The van der Waals surface area contributed by atoms with Crippen molar-refractivity contribution in [1.82, 2.24) is 0 Å². The van der Waals surface area contributed by atoms with Gasteiger partial charge in [-0.05, 0) is 87.5 Å². The molecule has 14 nitrogen and oxygen atoms in total. The average molecular weight is 913 g/mol. The summed E-state index contributed by atoms with van der Waals surface area (Å²) in [5.41, 5.74) is 5.90. The van der Waals surface area contributed by atoms with Crippen LogP contribution in [0.2, 0.25) is 0 Å². The molecule has 8 atom stereocenters. The molecule has 4 rings (SSSR count). The fourth-order valence-electron chi connectivity index (χ4n) is 8.02. The summed E-state index contributed by atoms with van der Waals surface area (Å²) in [6, 6.07) is 0. The second-order valence-corrected chi connectivity index (χ2v) is 18.5. The Morgan fingerprint density at radius 1 is 0.576 bits per heavy atom. The van der Waals surface area contributed by atoms with Gasteiger partial charge in [-0.3, -0.25) is 19.2 Å². The number of aliphatic hydroxyl groups is 4. The summed E-state index contributed by atoms with van der Waals surface area (Å²) in [5.74, 6) is -4.58. The van der Waals surface area contributed by atoms with Crippen molar-refractivity contribution in [2.45, 2.75) is 131 Å². The van der Waals surface area contributed by atoms with E-state index in [0.29, 0.717) is 24.0 Å². The molecule has 356 valence electrons. The van der Waals surface area contributed by atoms with E-state index in [1.165, 1.54) is 0 Å². The Balaban J connectivity index is 1.26. The molecule has 8 unspecified atom stereocenters. The average Bonchev–Trinajstić information content (AvgIpc) is 3.66. The van der Waals surface area contributed by atoms with E-state index in [1.807, 2.05) is 140 Å². The molecule has 0 aromatic heterocycles. The van der Waals surface area contributed by atoms with Gasteiger partial charge in [0.15, 0.2) is 23.8 Å². The number of carbonyl (C=O) groups excluding carboxylic acids is 6. The van der Waals surface area contributed by atoms with Gasteiger partial charge in [0.1, 0.15) is 24.4 Å². The highest BCUT2D eigenvalue weighted by Gasteiger charge is 2.48. The molecule has 2 saturated heterocycles. The molecule has 4 N–H and O–H groups in total. The molecule has 0 spiro atoms. The van der Waals surface area contributed by atoms with Crippen molar-refractivity contribution in [3.05, 3.63) is 130 Å². The lowest BCUT2D eigenvalue weighted by atomic mass is 9.71. The maximum atomic E-state index is 13.2. The van der Waals surface area contributed by atoms with Crippen LogP contribution in [0, 0.1) is 10.8 Å². The molecular formula is C52H64O14. The Morgan fingerprint density at radius 3 is 1.21 bits per heavy atom. The summed E-state index contributed by atoms with van der Waals surface area (Å²) in [6.07, 6.45) is 16.5. The van der Waals surface area contributed by atoms with Crippen LogP contribution in [-0.4, -0.2) is 118 Å².